The second-order valence-corrected chi connectivity index (χ2v) is 6.11. The predicted octanol–water partition coefficient (Wildman–Crippen LogP) is 2.38. The number of carbonyl (C=O) groups is 1. The van der Waals surface area contributed by atoms with Crippen LogP contribution in [0.4, 0.5) is 11.4 Å². The van der Waals surface area contributed by atoms with E-state index >= 15 is 0 Å². The van der Waals surface area contributed by atoms with Gasteiger partial charge in [-0.25, -0.2) is 0 Å². The van der Waals surface area contributed by atoms with E-state index in [1.54, 1.807) is 0 Å². The summed E-state index contributed by atoms with van der Waals surface area (Å²) in [6.07, 6.45) is 1.34. The molecule has 3 rings (SSSR count). The summed E-state index contributed by atoms with van der Waals surface area (Å²) in [5.41, 5.74) is 3.20. The highest BCUT2D eigenvalue weighted by molar-refractivity contribution is 6.03. The zero-order chi connectivity index (χ0) is 14.3. The minimum Gasteiger partial charge on any atom is -0.374 e. The first-order valence-corrected chi connectivity index (χ1v) is 7.49. The zero-order valence-electron chi connectivity index (χ0n) is 12.4. The van der Waals surface area contributed by atoms with Crippen molar-refractivity contribution in [2.45, 2.75) is 26.3 Å². The van der Waals surface area contributed by atoms with Crippen LogP contribution in [-0.2, 0) is 4.79 Å². The van der Waals surface area contributed by atoms with Gasteiger partial charge in [0.1, 0.15) is 6.04 Å². The molecule has 4 nitrogen and oxygen atoms in total. The Morgan fingerprint density at radius 2 is 2.20 bits per heavy atom. The molecular formula is C16H23N3O. The number of hydrogen-bond donors (Lipinski definition) is 2. The topological polar surface area (TPSA) is 44.4 Å². The molecule has 3 atom stereocenters. The van der Waals surface area contributed by atoms with Crippen LogP contribution in [-0.4, -0.2) is 26.0 Å². The third-order valence-corrected chi connectivity index (χ3v) is 4.50. The van der Waals surface area contributed by atoms with Gasteiger partial charge in [0.25, 0.3) is 0 Å². The third-order valence-electron chi connectivity index (χ3n) is 4.50. The summed E-state index contributed by atoms with van der Waals surface area (Å²) in [6.45, 7) is 6.22. The number of benzene rings is 1. The van der Waals surface area contributed by atoms with Crippen molar-refractivity contribution in [3.63, 3.8) is 0 Å². The molecule has 4 heteroatoms. The quantitative estimate of drug-likeness (QED) is 0.865. The normalized spacial score (nSPS) is 27.1. The summed E-state index contributed by atoms with van der Waals surface area (Å²) < 4.78 is 0. The maximum Gasteiger partial charge on any atom is 0.246 e. The lowest BCUT2D eigenvalue weighted by Gasteiger charge is -2.20. The Balaban J connectivity index is 1.76. The predicted molar refractivity (Wildman–Crippen MR) is 82.0 cm³/mol. The van der Waals surface area contributed by atoms with Crippen LogP contribution < -0.4 is 15.5 Å². The van der Waals surface area contributed by atoms with E-state index in [1.807, 2.05) is 6.92 Å². The van der Waals surface area contributed by atoms with Crippen LogP contribution in [0.2, 0.25) is 0 Å². The van der Waals surface area contributed by atoms with Gasteiger partial charge in [0, 0.05) is 30.5 Å². The van der Waals surface area contributed by atoms with Crippen molar-refractivity contribution in [1.82, 2.24) is 5.32 Å². The lowest BCUT2D eigenvalue weighted by atomic mass is 10.1. The summed E-state index contributed by atoms with van der Waals surface area (Å²) >= 11 is 0. The van der Waals surface area contributed by atoms with Crippen LogP contribution in [0, 0.1) is 11.8 Å². The standard InChI is InChI=1S/C16H23N3O/c1-4-17-15-13-6-5-12(8-14(13)18-16(15)20)19(3)9-11-7-10(11)2/h5-6,8,10-11,15,17H,4,7,9H2,1-3H3,(H,18,20). The van der Waals surface area contributed by atoms with Crippen molar-refractivity contribution >= 4 is 17.3 Å². The van der Waals surface area contributed by atoms with E-state index < -0.39 is 0 Å². The summed E-state index contributed by atoms with van der Waals surface area (Å²) in [7, 11) is 2.13. The van der Waals surface area contributed by atoms with E-state index in [2.05, 4.69) is 47.7 Å². The molecule has 1 fully saturated rings. The lowest BCUT2D eigenvalue weighted by Crippen LogP contribution is -2.27. The van der Waals surface area contributed by atoms with Crippen molar-refractivity contribution in [2.24, 2.45) is 11.8 Å². The number of likely N-dealkylation sites (N-methyl/N-ethyl adjacent to an activating group) is 1. The highest BCUT2D eigenvalue weighted by Gasteiger charge is 2.34. The Hall–Kier alpha value is -1.55. The molecule has 2 aliphatic rings. The number of fused-ring (bicyclic) bond motifs is 1. The minimum absolute atomic E-state index is 0.0532. The maximum atomic E-state index is 11.9. The second kappa shape index (κ2) is 5.09. The Morgan fingerprint density at radius 3 is 2.85 bits per heavy atom. The molecule has 1 saturated carbocycles. The molecule has 0 spiro atoms. The molecule has 2 N–H and O–H groups in total. The number of rotatable bonds is 5. The Kier molecular flexibility index (Phi) is 3.42. The van der Waals surface area contributed by atoms with Crippen LogP contribution >= 0.6 is 0 Å². The van der Waals surface area contributed by atoms with Gasteiger partial charge in [-0.2, -0.15) is 0 Å². The van der Waals surface area contributed by atoms with Gasteiger partial charge in [-0.15, -0.1) is 0 Å². The average molecular weight is 273 g/mol. The molecule has 1 aliphatic carbocycles. The molecule has 0 aromatic heterocycles. The van der Waals surface area contributed by atoms with Crippen LogP contribution in [0.3, 0.4) is 0 Å². The Bertz CT molecular complexity index is 528. The molecule has 1 heterocycles. The van der Waals surface area contributed by atoms with Crippen LogP contribution in [0.15, 0.2) is 18.2 Å². The molecule has 108 valence electrons. The van der Waals surface area contributed by atoms with Crippen molar-refractivity contribution in [1.29, 1.82) is 0 Å². The summed E-state index contributed by atoms with van der Waals surface area (Å²) in [6, 6.07) is 6.09. The van der Waals surface area contributed by atoms with Gasteiger partial charge in [0.2, 0.25) is 5.91 Å². The first kappa shape index (κ1) is 13.4. The molecule has 1 amide bonds. The van der Waals surface area contributed by atoms with Gasteiger partial charge in [-0.1, -0.05) is 19.9 Å². The number of anilines is 2. The van der Waals surface area contributed by atoms with Crippen molar-refractivity contribution in [3.05, 3.63) is 23.8 Å². The molecule has 1 aromatic carbocycles. The van der Waals surface area contributed by atoms with Gasteiger partial charge in [-0.3, -0.25) is 4.79 Å². The highest BCUT2D eigenvalue weighted by atomic mass is 16.2. The fourth-order valence-corrected chi connectivity index (χ4v) is 3.01. The molecule has 0 radical (unpaired) electrons. The highest BCUT2D eigenvalue weighted by Crippen LogP contribution is 2.39. The molecule has 0 bridgehead atoms. The molecule has 0 saturated heterocycles. The number of nitrogens with one attached hydrogen (secondary N) is 2. The van der Waals surface area contributed by atoms with E-state index in [9.17, 15) is 4.79 Å². The lowest BCUT2D eigenvalue weighted by molar-refractivity contribution is -0.117. The van der Waals surface area contributed by atoms with Gasteiger partial charge < -0.3 is 15.5 Å². The van der Waals surface area contributed by atoms with Crippen LogP contribution in [0.5, 0.6) is 0 Å². The van der Waals surface area contributed by atoms with Crippen molar-refractivity contribution < 1.29 is 4.79 Å². The SMILES string of the molecule is CCNC1C(=O)Nc2cc(N(C)CC3CC3C)ccc21. The van der Waals surface area contributed by atoms with Crippen LogP contribution in [0.1, 0.15) is 31.9 Å². The maximum absolute atomic E-state index is 11.9. The molecule has 1 aromatic rings. The number of carbonyl (C=O) groups excluding carboxylic acids is 1. The first-order valence-electron chi connectivity index (χ1n) is 7.49. The molecule has 20 heavy (non-hydrogen) atoms. The van der Waals surface area contributed by atoms with E-state index in [0.717, 1.165) is 36.2 Å². The van der Waals surface area contributed by atoms with E-state index in [-0.39, 0.29) is 11.9 Å². The molecule has 1 aliphatic heterocycles. The van der Waals surface area contributed by atoms with E-state index in [4.69, 9.17) is 0 Å². The van der Waals surface area contributed by atoms with E-state index in [1.165, 1.54) is 12.1 Å². The molecular weight excluding hydrogens is 250 g/mol. The molecule has 3 unspecified atom stereocenters. The fourth-order valence-electron chi connectivity index (χ4n) is 3.01. The zero-order valence-corrected chi connectivity index (χ0v) is 12.4. The van der Waals surface area contributed by atoms with Gasteiger partial charge >= 0.3 is 0 Å². The Labute approximate surface area is 120 Å². The number of amides is 1. The van der Waals surface area contributed by atoms with Crippen molar-refractivity contribution in [2.75, 3.05) is 30.4 Å². The largest absolute Gasteiger partial charge is 0.374 e. The monoisotopic (exact) mass is 273 g/mol. The van der Waals surface area contributed by atoms with Crippen molar-refractivity contribution in [3.8, 4) is 0 Å². The summed E-state index contributed by atoms with van der Waals surface area (Å²) in [4.78, 5) is 14.2. The number of hydrogen-bond acceptors (Lipinski definition) is 3. The Morgan fingerprint density at radius 1 is 1.45 bits per heavy atom. The van der Waals surface area contributed by atoms with Crippen LogP contribution in [0.25, 0.3) is 0 Å². The van der Waals surface area contributed by atoms with Gasteiger partial charge in [0.05, 0.1) is 0 Å². The average Bonchev–Trinajstić information content (AvgIpc) is 3.01. The summed E-state index contributed by atoms with van der Waals surface area (Å²) in [5.74, 6) is 1.75. The first-order chi connectivity index (χ1) is 9.60. The smallest absolute Gasteiger partial charge is 0.246 e. The number of nitrogens with zero attached hydrogens (tertiary/aromatic N) is 1. The summed E-state index contributed by atoms with van der Waals surface area (Å²) in [5, 5.41) is 6.20. The third kappa shape index (κ3) is 2.40. The second-order valence-electron chi connectivity index (χ2n) is 6.11. The fraction of sp³-hybridized carbons (Fsp3) is 0.562. The van der Waals surface area contributed by atoms with Gasteiger partial charge in [-0.05, 0) is 36.9 Å². The van der Waals surface area contributed by atoms with Gasteiger partial charge in [0.15, 0.2) is 0 Å². The van der Waals surface area contributed by atoms with E-state index in [0.29, 0.717) is 0 Å². The minimum atomic E-state index is -0.196.